The second-order valence-electron chi connectivity index (χ2n) is 10.9. The van der Waals surface area contributed by atoms with Gasteiger partial charge in [0, 0.05) is 43.6 Å². The van der Waals surface area contributed by atoms with Crippen molar-refractivity contribution in [1.82, 2.24) is 10.2 Å². The zero-order valence-electron chi connectivity index (χ0n) is 24.7. The molecule has 0 bridgehead atoms. The van der Waals surface area contributed by atoms with E-state index in [0.717, 1.165) is 37.5 Å². The Morgan fingerprint density at radius 1 is 1.00 bits per heavy atom. The molecular weight excluding hydrogens is 569 g/mol. The van der Waals surface area contributed by atoms with Crippen molar-refractivity contribution in [2.75, 3.05) is 24.2 Å². The number of hydrogen-bond acceptors (Lipinski definition) is 5. The van der Waals surface area contributed by atoms with E-state index in [1.165, 1.54) is 22.4 Å². The molecule has 1 aliphatic carbocycles. The second kappa shape index (κ2) is 15.0. The molecule has 1 saturated carbocycles. The summed E-state index contributed by atoms with van der Waals surface area (Å²) in [5.41, 5.74) is 1.61. The minimum Gasteiger partial charge on any atom is -0.497 e. The number of nitrogens with zero attached hydrogens (tertiary/aromatic N) is 2. The fourth-order valence-electron chi connectivity index (χ4n) is 5.50. The van der Waals surface area contributed by atoms with E-state index in [-0.39, 0.29) is 50.2 Å². The summed E-state index contributed by atoms with van der Waals surface area (Å²) in [6, 6.07) is 21.5. The van der Waals surface area contributed by atoms with E-state index in [4.69, 9.17) is 4.74 Å². The lowest BCUT2D eigenvalue weighted by Crippen LogP contribution is -2.52. The number of sulfonamides is 1. The molecule has 43 heavy (non-hydrogen) atoms. The maximum Gasteiger partial charge on any atom is 0.243 e. The molecule has 8 nitrogen and oxygen atoms in total. The molecule has 0 unspecified atom stereocenters. The Morgan fingerprint density at radius 3 is 2.37 bits per heavy atom. The third-order valence-electron chi connectivity index (χ3n) is 7.76. The van der Waals surface area contributed by atoms with Crippen LogP contribution in [-0.4, -0.2) is 57.1 Å². The maximum atomic E-state index is 14.8. The number of rotatable bonds is 14. The summed E-state index contributed by atoms with van der Waals surface area (Å²) in [4.78, 5) is 29.2. The monoisotopic (exact) mass is 609 g/mol. The summed E-state index contributed by atoms with van der Waals surface area (Å²) in [5, 5.41) is 3.14. The molecular formula is C33H40FN3O5S. The second-order valence-corrected chi connectivity index (χ2v) is 12.9. The highest BCUT2D eigenvalue weighted by molar-refractivity contribution is 7.92. The smallest absolute Gasteiger partial charge is 0.243 e. The van der Waals surface area contributed by atoms with Gasteiger partial charge in [-0.15, -0.1) is 0 Å². The summed E-state index contributed by atoms with van der Waals surface area (Å²) in [7, 11) is -2.16. The molecule has 1 N–H and O–H groups in total. The third-order valence-corrected chi connectivity index (χ3v) is 8.96. The number of ether oxygens (including phenoxy) is 1. The molecule has 1 aliphatic rings. The van der Waals surface area contributed by atoms with Gasteiger partial charge in [0.1, 0.15) is 17.6 Å². The largest absolute Gasteiger partial charge is 0.497 e. The van der Waals surface area contributed by atoms with Gasteiger partial charge in [0.05, 0.1) is 19.1 Å². The maximum absolute atomic E-state index is 14.8. The van der Waals surface area contributed by atoms with Crippen molar-refractivity contribution < 1.29 is 27.1 Å². The van der Waals surface area contributed by atoms with Gasteiger partial charge < -0.3 is 15.0 Å². The van der Waals surface area contributed by atoms with Crippen LogP contribution in [0.2, 0.25) is 0 Å². The lowest BCUT2D eigenvalue weighted by molar-refractivity contribution is -0.141. The Balaban J connectivity index is 1.59. The van der Waals surface area contributed by atoms with Crippen LogP contribution < -0.4 is 14.4 Å². The molecule has 1 fully saturated rings. The molecule has 0 radical (unpaired) electrons. The first-order valence-electron chi connectivity index (χ1n) is 14.6. The minimum absolute atomic E-state index is 0.0353. The molecule has 0 aliphatic heterocycles. The van der Waals surface area contributed by atoms with E-state index in [0.29, 0.717) is 17.0 Å². The van der Waals surface area contributed by atoms with Crippen LogP contribution in [0.4, 0.5) is 10.1 Å². The van der Waals surface area contributed by atoms with Crippen LogP contribution in [0, 0.1) is 5.82 Å². The average molecular weight is 610 g/mol. The first-order chi connectivity index (χ1) is 20.7. The number of carbonyl (C=O) groups excluding carboxylic acids is 2. The fraction of sp³-hybridized carbons (Fsp3) is 0.394. The summed E-state index contributed by atoms with van der Waals surface area (Å²) in [6.45, 7) is -0.0460. The first kappa shape index (κ1) is 32.0. The Hall–Kier alpha value is -3.92. The van der Waals surface area contributed by atoms with Gasteiger partial charge in [0.2, 0.25) is 21.8 Å². The van der Waals surface area contributed by atoms with E-state index in [2.05, 4.69) is 5.32 Å². The van der Waals surface area contributed by atoms with Gasteiger partial charge in [-0.1, -0.05) is 67.4 Å². The molecule has 4 rings (SSSR count). The number of anilines is 1. The van der Waals surface area contributed by atoms with Crippen LogP contribution in [0.1, 0.15) is 49.7 Å². The predicted octanol–water partition coefficient (Wildman–Crippen LogP) is 5.08. The van der Waals surface area contributed by atoms with Crippen LogP contribution in [0.15, 0.2) is 78.9 Å². The van der Waals surface area contributed by atoms with E-state index in [1.807, 2.05) is 30.3 Å². The summed E-state index contributed by atoms with van der Waals surface area (Å²) in [6.07, 6.45) is 5.38. The zero-order valence-corrected chi connectivity index (χ0v) is 25.6. The summed E-state index contributed by atoms with van der Waals surface area (Å²) >= 11 is 0. The minimum atomic E-state index is -3.66. The fourth-order valence-corrected chi connectivity index (χ4v) is 6.46. The van der Waals surface area contributed by atoms with Crippen LogP contribution in [0.25, 0.3) is 0 Å². The van der Waals surface area contributed by atoms with Crippen molar-refractivity contribution in [2.45, 2.75) is 63.6 Å². The van der Waals surface area contributed by atoms with E-state index >= 15 is 0 Å². The number of amides is 2. The molecule has 0 heterocycles. The molecule has 1 atom stereocenters. The normalized spacial score (nSPS) is 14.2. The number of halogens is 1. The van der Waals surface area contributed by atoms with Crippen molar-refractivity contribution in [2.24, 2.45) is 0 Å². The zero-order chi connectivity index (χ0) is 30.8. The quantitative estimate of drug-likeness (QED) is 0.275. The van der Waals surface area contributed by atoms with Crippen molar-refractivity contribution >= 4 is 27.5 Å². The SMILES string of the molecule is COc1cccc(N(CCCC(=O)N(Cc2ccccc2F)[C@H](Cc2ccccc2)C(=O)NC2CCCC2)S(C)(=O)=O)c1. The molecule has 10 heteroatoms. The predicted molar refractivity (Wildman–Crippen MR) is 166 cm³/mol. The lowest BCUT2D eigenvalue weighted by atomic mass is 10.0. The van der Waals surface area contributed by atoms with Gasteiger partial charge >= 0.3 is 0 Å². The van der Waals surface area contributed by atoms with Crippen molar-refractivity contribution in [3.8, 4) is 5.75 Å². The molecule has 0 spiro atoms. The van der Waals surface area contributed by atoms with E-state index < -0.39 is 21.9 Å². The number of benzene rings is 3. The van der Waals surface area contributed by atoms with Gasteiger partial charge in [-0.2, -0.15) is 0 Å². The number of methoxy groups -OCH3 is 1. The summed E-state index contributed by atoms with van der Waals surface area (Å²) in [5.74, 6) is -0.578. The highest BCUT2D eigenvalue weighted by atomic mass is 32.2. The topological polar surface area (TPSA) is 96.0 Å². The van der Waals surface area contributed by atoms with Crippen LogP contribution >= 0.6 is 0 Å². The van der Waals surface area contributed by atoms with Gasteiger partial charge in [0.25, 0.3) is 0 Å². The number of nitrogens with one attached hydrogen (secondary N) is 1. The Kier molecular flexibility index (Phi) is 11.2. The highest BCUT2D eigenvalue weighted by Gasteiger charge is 2.32. The standard InChI is InChI=1S/C33H40FN3O5S/c1-42-29-18-10-17-28(23-29)37(43(2,40)41)21-11-20-32(38)36(24-26-14-6-9-19-30(26)34)31(22-25-12-4-3-5-13-25)33(39)35-27-15-7-8-16-27/h3-6,9-10,12-14,17-19,23,27,31H,7-8,11,15-16,20-22,24H2,1-2H3,(H,35,39)/t31-/m1/s1. The van der Waals surface area contributed by atoms with Crippen molar-refractivity contribution in [3.05, 3.63) is 95.8 Å². The Morgan fingerprint density at radius 2 is 1.70 bits per heavy atom. The van der Waals surface area contributed by atoms with Crippen LogP contribution in [0.3, 0.4) is 0 Å². The van der Waals surface area contributed by atoms with E-state index in [1.54, 1.807) is 42.5 Å². The van der Waals surface area contributed by atoms with Crippen LogP contribution in [-0.2, 0) is 32.6 Å². The van der Waals surface area contributed by atoms with Crippen LogP contribution in [0.5, 0.6) is 5.75 Å². The average Bonchev–Trinajstić information content (AvgIpc) is 3.50. The summed E-state index contributed by atoms with van der Waals surface area (Å²) < 4.78 is 46.7. The Bertz CT molecular complexity index is 1480. The van der Waals surface area contributed by atoms with Gasteiger partial charge in [-0.25, -0.2) is 12.8 Å². The van der Waals surface area contributed by atoms with Gasteiger partial charge in [-0.3, -0.25) is 13.9 Å². The number of carbonyl (C=O) groups is 2. The lowest BCUT2D eigenvalue weighted by Gasteiger charge is -2.33. The molecule has 3 aromatic carbocycles. The molecule has 2 amide bonds. The van der Waals surface area contributed by atoms with Crippen molar-refractivity contribution in [1.29, 1.82) is 0 Å². The Labute approximate surface area is 253 Å². The number of hydrogen-bond donors (Lipinski definition) is 1. The van der Waals surface area contributed by atoms with E-state index in [9.17, 15) is 22.4 Å². The molecule has 0 saturated heterocycles. The molecule has 230 valence electrons. The third kappa shape index (κ3) is 9.03. The highest BCUT2D eigenvalue weighted by Crippen LogP contribution is 2.25. The van der Waals surface area contributed by atoms with Gasteiger partial charge in [-0.05, 0) is 43.0 Å². The molecule has 0 aromatic heterocycles. The van der Waals surface area contributed by atoms with Crippen molar-refractivity contribution in [3.63, 3.8) is 0 Å². The molecule has 3 aromatic rings. The first-order valence-corrected chi connectivity index (χ1v) is 16.5. The van der Waals surface area contributed by atoms with Gasteiger partial charge in [0.15, 0.2) is 0 Å².